The summed E-state index contributed by atoms with van der Waals surface area (Å²) in [5, 5.41) is 34.1. The van der Waals surface area contributed by atoms with Crippen LogP contribution >= 0.6 is 12.6 Å². The zero-order valence-corrected chi connectivity index (χ0v) is 18.2. The van der Waals surface area contributed by atoms with E-state index in [4.69, 9.17) is 21.7 Å². The summed E-state index contributed by atoms with van der Waals surface area (Å²) >= 11 is 3.81. The first-order valence-electron chi connectivity index (χ1n) is 9.48. The minimum atomic E-state index is -1.58. The van der Waals surface area contributed by atoms with Gasteiger partial charge in [-0.1, -0.05) is 0 Å². The number of carboxylic acid groups (broad SMARTS) is 2. The van der Waals surface area contributed by atoms with Crippen LogP contribution in [0.15, 0.2) is 0 Å². The van der Waals surface area contributed by atoms with Crippen LogP contribution in [0.25, 0.3) is 0 Å². The van der Waals surface area contributed by atoms with Crippen LogP contribution in [-0.2, 0) is 28.8 Å². The lowest BCUT2D eigenvalue weighted by molar-refractivity contribution is -0.142. The first-order chi connectivity index (χ1) is 14.8. The molecule has 15 heteroatoms. The summed E-state index contributed by atoms with van der Waals surface area (Å²) < 4.78 is 0. The van der Waals surface area contributed by atoms with Crippen molar-refractivity contribution >= 4 is 48.2 Å². The molecular weight excluding hydrogens is 450 g/mol. The molecule has 0 aliphatic rings. The zero-order valence-electron chi connectivity index (χ0n) is 17.3. The molecule has 0 saturated carbocycles. The fourth-order valence-corrected chi connectivity index (χ4v) is 2.60. The molecule has 0 spiro atoms. The monoisotopic (exact) mass is 479 g/mol. The molecule has 10 N–H and O–H groups in total. The smallest absolute Gasteiger partial charge is 0.327 e. The van der Waals surface area contributed by atoms with Crippen molar-refractivity contribution in [2.45, 2.75) is 62.9 Å². The Kier molecular flexibility index (Phi) is 12.9. The van der Waals surface area contributed by atoms with Crippen LogP contribution in [0.2, 0.25) is 0 Å². The van der Waals surface area contributed by atoms with Gasteiger partial charge in [0.2, 0.25) is 23.6 Å². The number of carbonyl (C=O) groups is 6. The topological polar surface area (TPSA) is 251 Å². The number of aliphatic carboxylic acids is 2. The quantitative estimate of drug-likeness (QED) is 0.104. The van der Waals surface area contributed by atoms with Crippen molar-refractivity contribution < 1.29 is 44.1 Å². The van der Waals surface area contributed by atoms with Gasteiger partial charge < -0.3 is 42.7 Å². The maximum Gasteiger partial charge on any atom is 0.327 e. The molecule has 0 aliphatic heterocycles. The van der Waals surface area contributed by atoms with Gasteiger partial charge >= 0.3 is 11.9 Å². The van der Waals surface area contributed by atoms with E-state index in [2.05, 4.69) is 28.6 Å². The molecule has 182 valence electrons. The van der Waals surface area contributed by atoms with Crippen molar-refractivity contribution in [2.24, 2.45) is 11.5 Å². The van der Waals surface area contributed by atoms with E-state index in [1.807, 2.05) is 0 Å². The Morgan fingerprint density at radius 3 is 1.88 bits per heavy atom. The fourth-order valence-electron chi connectivity index (χ4n) is 2.35. The van der Waals surface area contributed by atoms with Crippen LogP contribution in [-0.4, -0.2) is 86.9 Å². The first kappa shape index (κ1) is 29.1. The second kappa shape index (κ2) is 14.2. The van der Waals surface area contributed by atoms with E-state index in [0.29, 0.717) is 0 Å². The normalized spacial score (nSPS) is 15.4. The van der Waals surface area contributed by atoms with Gasteiger partial charge in [0.05, 0.1) is 12.1 Å². The second-order valence-corrected chi connectivity index (χ2v) is 7.28. The molecule has 0 rings (SSSR count). The van der Waals surface area contributed by atoms with Crippen molar-refractivity contribution in [1.29, 1.82) is 0 Å². The molecule has 0 saturated heterocycles. The number of nitrogens with one attached hydrogen (secondary N) is 3. The second-order valence-electron chi connectivity index (χ2n) is 6.91. The molecule has 0 aromatic carbocycles. The maximum absolute atomic E-state index is 12.6. The fraction of sp³-hybridized carbons (Fsp3) is 0.647. The Morgan fingerprint density at radius 1 is 0.875 bits per heavy atom. The number of amides is 4. The summed E-state index contributed by atoms with van der Waals surface area (Å²) in [5.74, 6) is -6.48. The molecule has 0 fully saturated rings. The lowest BCUT2D eigenvalue weighted by Crippen LogP contribution is -2.60. The van der Waals surface area contributed by atoms with Gasteiger partial charge in [0.1, 0.15) is 18.1 Å². The number of carbonyl (C=O) groups excluding carboxylic acids is 4. The Hall–Kier alpha value is -2.91. The summed E-state index contributed by atoms with van der Waals surface area (Å²) in [7, 11) is 0. The van der Waals surface area contributed by atoms with Crippen LogP contribution in [0.1, 0.15) is 32.6 Å². The summed E-state index contributed by atoms with van der Waals surface area (Å²) in [6.45, 7) is 1.17. The molecule has 0 bridgehead atoms. The van der Waals surface area contributed by atoms with E-state index >= 15 is 0 Å². The predicted octanol–water partition coefficient (Wildman–Crippen LogP) is -3.71. The maximum atomic E-state index is 12.6. The molecule has 14 nitrogen and oxygen atoms in total. The highest BCUT2D eigenvalue weighted by Crippen LogP contribution is 2.04. The third kappa shape index (κ3) is 10.9. The highest BCUT2D eigenvalue weighted by atomic mass is 32.1. The Bertz CT molecular complexity index is 719. The Morgan fingerprint density at radius 2 is 1.44 bits per heavy atom. The third-order valence-corrected chi connectivity index (χ3v) is 4.54. The number of hydrogen-bond donors (Lipinski definition) is 9. The highest BCUT2D eigenvalue weighted by Gasteiger charge is 2.32. The lowest BCUT2D eigenvalue weighted by atomic mass is 10.1. The average molecular weight is 480 g/mol. The predicted molar refractivity (Wildman–Crippen MR) is 112 cm³/mol. The first-order valence-corrected chi connectivity index (χ1v) is 10.1. The Labute approximate surface area is 188 Å². The minimum absolute atomic E-state index is 0.223. The molecule has 4 amide bonds. The molecule has 0 heterocycles. The van der Waals surface area contributed by atoms with Gasteiger partial charge in [-0.25, -0.2) is 4.79 Å². The van der Waals surface area contributed by atoms with Crippen molar-refractivity contribution in [3.63, 3.8) is 0 Å². The van der Waals surface area contributed by atoms with E-state index in [1.165, 1.54) is 6.92 Å². The summed E-state index contributed by atoms with van der Waals surface area (Å²) in [6.07, 6.45) is -2.69. The van der Waals surface area contributed by atoms with Crippen LogP contribution in [0.4, 0.5) is 0 Å². The average Bonchev–Trinajstić information content (AvgIpc) is 2.69. The van der Waals surface area contributed by atoms with Crippen LogP contribution < -0.4 is 27.4 Å². The van der Waals surface area contributed by atoms with E-state index in [1.54, 1.807) is 0 Å². The van der Waals surface area contributed by atoms with Gasteiger partial charge in [-0.2, -0.15) is 12.6 Å². The van der Waals surface area contributed by atoms with Gasteiger partial charge in [-0.3, -0.25) is 24.0 Å². The number of carboxylic acids is 2. The molecule has 0 aromatic heterocycles. The minimum Gasteiger partial charge on any atom is -0.481 e. The van der Waals surface area contributed by atoms with E-state index in [9.17, 15) is 33.9 Å². The number of nitrogens with two attached hydrogens (primary N) is 2. The lowest BCUT2D eigenvalue weighted by Gasteiger charge is -2.26. The third-order valence-electron chi connectivity index (χ3n) is 4.18. The molecule has 0 aliphatic carbocycles. The summed E-state index contributed by atoms with van der Waals surface area (Å²) in [5.41, 5.74) is 10.6. The largest absolute Gasteiger partial charge is 0.481 e. The van der Waals surface area contributed by atoms with Gasteiger partial charge in [-0.05, 0) is 19.8 Å². The summed E-state index contributed by atoms with van der Waals surface area (Å²) in [4.78, 5) is 70.0. The van der Waals surface area contributed by atoms with E-state index in [0.717, 1.165) is 0 Å². The molecule has 0 radical (unpaired) electrons. The number of primary amides is 1. The molecule has 0 aromatic rings. The van der Waals surface area contributed by atoms with Crippen molar-refractivity contribution in [1.82, 2.24) is 16.0 Å². The Balaban J connectivity index is 5.37. The van der Waals surface area contributed by atoms with E-state index < -0.39 is 72.3 Å². The van der Waals surface area contributed by atoms with Gasteiger partial charge in [0.15, 0.2) is 0 Å². The molecule has 32 heavy (non-hydrogen) atoms. The number of thiol groups is 1. The van der Waals surface area contributed by atoms with Crippen molar-refractivity contribution in [2.75, 3.05) is 5.75 Å². The zero-order chi connectivity index (χ0) is 25.0. The van der Waals surface area contributed by atoms with Crippen molar-refractivity contribution in [3.8, 4) is 0 Å². The van der Waals surface area contributed by atoms with E-state index in [-0.39, 0.29) is 25.0 Å². The van der Waals surface area contributed by atoms with Crippen molar-refractivity contribution in [3.05, 3.63) is 0 Å². The van der Waals surface area contributed by atoms with Gasteiger partial charge in [0, 0.05) is 18.6 Å². The molecular formula is C17H29N5O9S. The van der Waals surface area contributed by atoms with Crippen LogP contribution in [0.5, 0.6) is 0 Å². The van der Waals surface area contributed by atoms with Crippen LogP contribution in [0, 0.1) is 0 Å². The van der Waals surface area contributed by atoms with Gasteiger partial charge in [0.25, 0.3) is 0 Å². The number of hydrogen-bond acceptors (Lipinski definition) is 9. The number of aliphatic hydroxyl groups excluding tert-OH is 1. The number of aliphatic hydroxyl groups is 1. The molecule has 5 atom stereocenters. The standard InChI is InChI=1S/C17H29N5O9S/c1-7(23)13(22-14(27)8(18)2-5-12(25)26)16(29)20-9(3-4-11(19)24)15(28)21-10(6-32)17(30)31/h7-10,13,23,32H,2-6,18H2,1H3,(H2,19,24)(H,20,29)(H,21,28)(H,22,27)(H,25,26)(H,30,31). The van der Waals surface area contributed by atoms with Crippen LogP contribution in [0.3, 0.4) is 0 Å². The number of rotatable bonds is 15. The van der Waals surface area contributed by atoms with Gasteiger partial charge in [-0.15, -0.1) is 0 Å². The summed E-state index contributed by atoms with van der Waals surface area (Å²) in [6, 6.07) is -5.66. The SMILES string of the molecule is CC(O)C(NC(=O)C(N)CCC(=O)O)C(=O)NC(CCC(N)=O)C(=O)NC(CS)C(=O)O. The molecule has 5 unspecified atom stereocenters. The highest BCUT2D eigenvalue weighted by molar-refractivity contribution is 7.80.